The Balaban J connectivity index is 1.56. The van der Waals surface area contributed by atoms with Gasteiger partial charge in [-0.2, -0.15) is 0 Å². The Bertz CT molecular complexity index is 389. The molecule has 100 valence electrons. The van der Waals surface area contributed by atoms with Crippen LogP contribution in [0.5, 0.6) is 0 Å². The van der Waals surface area contributed by atoms with Crippen LogP contribution in [0.15, 0.2) is 12.5 Å². The van der Waals surface area contributed by atoms with Crippen molar-refractivity contribution in [3.8, 4) is 0 Å². The highest BCUT2D eigenvalue weighted by molar-refractivity contribution is 5.03. The summed E-state index contributed by atoms with van der Waals surface area (Å²) in [6.45, 7) is 5.14. The van der Waals surface area contributed by atoms with Crippen molar-refractivity contribution in [3.05, 3.63) is 18.2 Å². The van der Waals surface area contributed by atoms with Crippen LogP contribution in [0, 0.1) is 5.92 Å². The van der Waals surface area contributed by atoms with Crippen LogP contribution in [-0.2, 0) is 6.54 Å². The molecule has 0 radical (unpaired) electrons. The highest BCUT2D eigenvalue weighted by Crippen LogP contribution is 2.36. The van der Waals surface area contributed by atoms with E-state index in [9.17, 15) is 5.11 Å². The van der Waals surface area contributed by atoms with Gasteiger partial charge in [-0.05, 0) is 51.6 Å². The topological polar surface area (TPSA) is 41.3 Å². The number of rotatable bonds is 4. The fourth-order valence-electron chi connectivity index (χ4n) is 2.96. The van der Waals surface area contributed by atoms with Gasteiger partial charge in [-0.15, -0.1) is 0 Å². The molecule has 1 aliphatic carbocycles. The Kier molecular flexibility index (Phi) is 3.39. The van der Waals surface area contributed by atoms with Gasteiger partial charge < -0.3 is 9.67 Å². The van der Waals surface area contributed by atoms with Gasteiger partial charge in [0.15, 0.2) is 0 Å². The molecule has 1 aromatic heterocycles. The van der Waals surface area contributed by atoms with Gasteiger partial charge in [0.1, 0.15) is 0 Å². The molecule has 1 unspecified atom stereocenters. The Labute approximate surface area is 109 Å². The van der Waals surface area contributed by atoms with Crippen molar-refractivity contribution in [2.24, 2.45) is 5.92 Å². The quantitative estimate of drug-likeness (QED) is 0.885. The number of hydrogen-bond donors (Lipinski definition) is 1. The van der Waals surface area contributed by atoms with Crippen LogP contribution in [0.25, 0.3) is 0 Å². The van der Waals surface area contributed by atoms with E-state index in [2.05, 4.69) is 14.5 Å². The Morgan fingerprint density at radius 1 is 1.33 bits per heavy atom. The second-order valence-electron chi connectivity index (χ2n) is 5.88. The van der Waals surface area contributed by atoms with Crippen LogP contribution in [0.2, 0.25) is 0 Å². The molecule has 1 aromatic rings. The van der Waals surface area contributed by atoms with Crippen LogP contribution in [0.1, 0.15) is 44.3 Å². The average molecular weight is 249 g/mol. The van der Waals surface area contributed by atoms with E-state index in [0.29, 0.717) is 5.92 Å². The molecule has 1 saturated heterocycles. The zero-order chi connectivity index (χ0) is 12.5. The molecule has 1 atom stereocenters. The van der Waals surface area contributed by atoms with Gasteiger partial charge in [0.25, 0.3) is 0 Å². The first-order valence-electron chi connectivity index (χ1n) is 7.15. The average Bonchev–Trinajstić information content (AvgIpc) is 3.11. The number of nitrogens with zero attached hydrogens (tertiary/aromatic N) is 3. The number of hydrogen-bond acceptors (Lipinski definition) is 3. The summed E-state index contributed by atoms with van der Waals surface area (Å²) in [4.78, 5) is 6.78. The van der Waals surface area contributed by atoms with E-state index in [1.54, 1.807) is 0 Å². The maximum Gasteiger partial charge on any atom is 0.0951 e. The van der Waals surface area contributed by atoms with Crippen molar-refractivity contribution in [3.63, 3.8) is 0 Å². The summed E-state index contributed by atoms with van der Waals surface area (Å²) in [5.41, 5.74) is 1.35. The SMILES string of the molecule is CC(O)C1CCN(Cc2cncn2C2CC2)CC1. The number of aromatic nitrogens is 2. The molecule has 2 aliphatic rings. The Morgan fingerprint density at radius 2 is 2.06 bits per heavy atom. The molecular weight excluding hydrogens is 226 g/mol. The lowest BCUT2D eigenvalue weighted by molar-refractivity contribution is 0.0688. The van der Waals surface area contributed by atoms with E-state index < -0.39 is 0 Å². The molecule has 0 aromatic carbocycles. The van der Waals surface area contributed by atoms with E-state index in [-0.39, 0.29) is 6.10 Å². The molecule has 2 heterocycles. The van der Waals surface area contributed by atoms with Crippen LogP contribution in [-0.4, -0.2) is 38.8 Å². The molecule has 4 nitrogen and oxygen atoms in total. The smallest absolute Gasteiger partial charge is 0.0951 e. The third-order valence-corrected chi connectivity index (χ3v) is 4.39. The largest absolute Gasteiger partial charge is 0.393 e. The lowest BCUT2D eigenvalue weighted by atomic mass is 9.92. The van der Waals surface area contributed by atoms with Crippen molar-refractivity contribution in [2.75, 3.05) is 13.1 Å². The van der Waals surface area contributed by atoms with Gasteiger partial charge in [0, 0.05) is 18.8 Å². The third-order valence-electron chi connectivity index (χ3n) is 4.39. The Hall–Kier alpha value is -0.870. The van der Waals surface area contributed by atoms with Gasteiger partial charge in [-0.3, -0.25) is 4.90 Å². The second kappa shape index (κ2) is 5.02. The van der Waals surface area contributed by atoms with Gasteiger partial charge in [-0.1, -0.05) is 0 Å². The lowest BCUT2D eigenvalue weighted by Crippen LogP contribution is -2.36. The minimum absolute atomic E-state index is 0.149. The highest BCUT2D eigenvalue weighted by atomic mass is 16.3. The molecular formula is C14H23N3O. The van der Waals surface area contributed by atoms with Crippen molar-refractivity contribution in [1.82, 2.24) is 14.5 Å². The summed E-state index contributed by atoms with van der Waals surface area (Å²) in [5.74, 6) is 0.495. The van der Waals surface area contributed by atoms with E-state index in [4.69, 9.17) is 0 Å². The summed E-state index contributed by atoms with van der Waals surface area (Å²) >= 11 is 0. The van der Waals surface area contributed by atoms with Crippen molar-refractivity contribution in [2.45, 2.75) is 51.3 Å². The van der Waals surface area contributed by atoms with E-state index in [1.807, 2.05) is 19.4 Å². The molecule has 0 amide bonds. The molecule has 2 fully saturated rings. The predicted molar refractivity (Wildman–Crippen MR) is 70.2 cm³/mol. The molecule has 3 rings (SSSR count). The Morgan fingerprint density at radius 3 is 2.67 bits per heavy atom. The number of likely N-dealkylation sites (tertiary alicyclic amines) is 1. The second-order valence-corrected chi connectivity index (χ2v) is 5.88. The van der Waals surface area contributed by atoms with Gasteiger partial charge in [-0.25, -0.2) is 4.98 Å². The normalized spacial score (nSPS) is 24.3. The maximum atomic E-state index is 9.61. The molecule has 1 aliphatic heterocycles. The van der Waals surface area contributed by atoms with Crippen molar-refractivity contribution < 1.29 is 5.11 Å². The summed E-state index contributed by atoms with van der Waals surface area (Å²) in [5, 5.41) is 9.61. The lowest BCUT2D eigenvalue weighted by Gasteiger charge is -2.33. The zero-order valence-corrected chi connectivity index (χ0v) is 11.1. The molecule has 0 spiro atoms. The molecule has 4 heteroatoms. The van der Waals surface area contributed by atoms with Crippen LogP contribution >= 0.6 is 0 Å². The zero-order valence-electron chi connectivity index (χ0n) is 11.1. The van der Waals surface area contributed by atoms with Crippen LogP contribution < -0.4 is 0 Å². The van der Waals surface area contributed by atoms with E-state index in [1.165, 1.54) is 18.5 Å². The van der Waals surface area contributed by atoms with E-state index >= 15 is 0 Å². The molecule has 0 bridgehead atoms. The monoisotopic (exact) mass is 249 g/mol. The minimum Gasteiger partial charge on any atom is -0.393 e. The third kappa shape index (κ3) is 2.59. The molecule has 1 N–H and O–H groups in total. The van der Waals surface area contributed by atoms with E-state index in [0.717, 1.165) is 38.5 Å². The number of aliphatic hydroxyl groups excluding tert-OH is 1. The maximum absolute atomic E-state index is 9.61. The first-order valence-corrected chi connectivity index (χ1v) is 7.15. The molecule has 18 heavy (non-hydrogen) atoms. The van der Waals surface area contributed by atoms with Gasteiger partial charge in [0.05, 0.1) is 18.1 Å². The number of aliphatic hydroxyl groups is 1. The predicted octanol–water partition coefficient (Wildman–Crippen LogP) is 1.81. The summed E-state index contributed by atoms with van der Waals surface area (Å²) in [6, 6.07) is 0.720. The standard InChI is InChI=1S/C14H23N3O/c1-11(18)12-4-6-16(7-5-12)9-14-8-15-10-17(14)13-2-3-13/h8,10-13,18H,2-7,9H2,1H3. The first kappa shape index (κ1) is 12.2. The molecule has 1 saturated carbocycles. The number of imidazole rings is 1. The van der Waals surface area contributed by atoms with Gasteiger partial charge >= 0.3 is 0 Å². The fraction of sp³-hybridized carbons (Fsp3) is 0.786. The van der Waals surface area contributed by atoms with Crippen molar-refractivity contribution >= 4 is 0 Å². The summed E-state index contributed by atoms with van der Waals surface area (Å²) in [7, 11) is 0. The summed E-state index contributed by atoms with van der Waals surface area (Å²) in [6.07, 6.45) is 8.71. The van der Waals surface area contributed by atoms with Gasteiger partial charge in [0.2, 0.25) is 0 Å². The fourth-order valence-corrected chi connectivity index (χ4v) is 2.96. The van der Waals surface area contributed by atoms with Crippen LogP contribution in [0.3, 0.4) is 0 Å². The summed E-state index contributed by atoms with van der Waals surface area (Å²) < 4.78 is 2.35. The minimum atomic E-state index is -0.149. The van der Waals surface area contributed by atoms with Crippen molar-refractivity contribution in [1.29, 1.82) is 0 Å². The highest BCUT2D eigenvalue weighted by Gasteiger charge is 2.27. The number of piperidine rings is 1. The van der Waals surface area contributed by atoms with Crippen LogP contribution in [0.4, 0.5) is 0 Å². The first-order chi connectivity index (χ1) is 8.74.